The zero-order valence-electron chi connectivity index (χ0n) is 15.3. The first-order valence-electron chi connectivity index (χ1n) is 8.76. The van der Waals surface area contributed by atoms with Crippen LogP contribution in [0.15, 0.2) is 30.6 Å². The van der Waals surface area contributed by atoms with Gasteiger partial charge in [-0.05, 0) is 44.5 Å². The highest BCUT2D eigenvalue weighted by Gasteiger charge is 2.20. The molecule has 0 atom stereocenters. The highest BCUT2D eigenvalue weighted by atomic mass is 15.4. The summed E-state index contributed by atoms with van der Waals surface area (Å²) in [6, 6.07) is 6.01. The number of aryl methyl sites for hydroxylation is 3. The number of nitrogens with zero attached hydrogens (tertiary/aromatic N) is 8. The van der Waals surface area contributed by atoms with Gasteiger partial charge in [0, 0.05) is 44.3 Å². The quantitative estimate of drug-likeness (QED) is 0.711. The predicted octanol–water partition coefficient (Wildman–Crippen LogP) is 1.70. The molecule has 0 aromatic carbocycles. The highest BCUT2D eigenvalue weighted by Crippen LogP contribution is 2.17. The van der Waals surface area contributed by atoms with Crippen molar-refractivity contribution >= 4 is 11.8 Å². The maximum atomic E-state index is 4.45. The molecular weight excluding hydrogens is 328 g/mol. The summed E-state index contributed by atoms with van der Waals surface area (Å²) in [5.41, 5.74) is 3.10. The number of anilines is 2. The molecule has 4 rings (SSSR count). The monoisotopic (exact) mass is 350 g/mol. The minimum Gasteiger partial charge on any atom is -0.352 e. The summed E-state index contributed by atoms with van der Waals surface area (Å²) in [5, 5.41) is 13.2. The summed E-state index contributed by atoms with van der Waals surface area (Å²) >= 11 is 0. The Labute approximate surface area is 152 Å². The summed E-state index contributed by atoms with van der Waals surface area (Å²) in [5.74, 6) is 2.42. The minimum absolute atomic E-state index is 0.742. The van der Waals surface area contributed by atoms with Gasteiger partial charge in [0.05, 0.1) is 5.69 Å². The molecule has 0 radical (unpaired) electrons. The second-order valence-corrected chi connectivity index (χ2v) is 6.62. The smallest absolute Gasteiger partial charge is 0.225 e. The molecule has 0 spiro atoms. The minimum atomic E-state index is 0.742. The first-order valence-corrected chi connectivity index (χ1v) is 8.76. The van der Waals surface area contributed by atoms with E-state index in [1.165, 1.54) is 0 Å². The molecule has 4 heterocycles. The van der Waals surface area contributed by atoms with Crippen LogP contribution in [0.2, 0.25) is 0 Å². The Morgan fingerprint density at radius 2 is 1.42 bits per heavy atom. The van der Waals surface area contributed by atoms with E-state index in [1.54, 1.807) is 0 Å². The predicted molar refractivity (Wildman–Crippen MR) is 99.8 cm³/mol. The van der Waals surface area contributed by atoms with E-state index in [9.17, 15) is 0 Å². The fourth-order valence-electron chi connectivity index (χ4n) is 3.15. The Balaban J connectivity index is 1.43. The Morgan fingerprint density at radius 1 is 0.808 bits per heavy atom. The molecule has 0 amide bonds. The topological polar surface area (TPSA) is 75.9 Å². The van der Waals surface area contributed by atoms with Crippen molar-refractivity contribution in [1.82, 2.24) is 29.9 Å². The molecular formula is C18H22N8. The lowest BCUT2D eigenvalue weighted by Gasteiger charge is -2.35. The zero-order chi connectivity index (χ0) is 18.1. The van der Waals surface area contributed by atoms with Gasteiger partial charge < -0.3 is 9.80 Å². The Kier molecular flexibility index (Phi) is 4.24. The van der Waals surface area contributed by atoms with Crippen molar-refractivity contribution in [2.24, 2.45) is 0 Å². The van der Waals surface area contributed by atoms with E-state index in [2.05, 4.69) is 35.1 Å². The molecule has 134 valence electrons. The number of hydrogen-bond donors (Lipinski definition) is 0. The van der Waals surface area contributed by atoms with Crippen LogP contribution in [0.1, 0.15) is 17.0 Å². The van der Waals surface area contributed by atoms with Crippen LogP contribution in [0.25, 0.3) is 5.82 Å². The van der Waals surface area contributed by atoms with E-state index in [0.717, 1.165) is 60.7 Å². The van der Waals surface area contributed by atoms with E-state index in [4.69, 9.17) is 0 Å². The molecule has 26 heavy (non-hydrogen) atoms. The van der Waals surface area contributed by atoms with Gasteiger partial charge in [-0.1, -0.05) is 0 Å². The summed E-state index contributed by atoms with van der Waals surface area (Å²) in [6.07, 6.45) is 3.72. The van der Waals surface area contributed by atoms with Gasteiger partial charge >= 0.3 is 0 Å². The van der Waals surface area contributed by atoms with Crippen LogP contribution in [0.4, 0.5) is 11.8 Å². The average Bonchev–Trinajstić information content (AvgIpc) is 3.01. The lowest BCUT2D eigenvalue weighted by atomic mass is 10.3. The first-order chi connectivity index (χ1) is 12.6. The average molecular weight is 350 g/mol. The molecule has 0 aliphatic carbocycles. The summed E-state index contributed by atoms with van der Waals surface area (Å²) < 4.78 is 1.82. The lowest BCUT2D eigenvalue weighted by Crippen LogP contribution is -2.47. The number of piperazine rings is 1. The van der Waals surface area contributed by atoms with E-state index < -0.39 is 0 Å². The van der Waals surface area contributed by atoms with Crippen LogP contribution in [0.5, 0.6) is 0 Å². The van der Waals surface area contributed by atoms with Crippen LogP contribution in [-0.2, 0) is 0 Å². The first kappa shape index (κ1) is 16.4. The van der Waals surface area contributed by atoms with Crippen LogP contribution in [-0.4, -0.2) is 56.1 Å². The summed E-state index contributed by atoms with van der Waals surface area (Å²) in [7, 11) is 0. The van der Waals surface area contributed by atoms with E-state index in [-0.39, 0.29) is 0 Å². The Bertz CT molecular complexity index is 877. The lowest BCUT2D eigenvalue weighted by molar-refractivity contribution is 0.629. The maximum Gasteiger partial charge on any atom is 0.225 e. The number of aromatic nitrogens is 6. The molecule has 3 aromatic rings. The molecule has 0 N–H and O–H groups in total. The van der Waals surface area contributed by atoms with E-state index in [0.29, 0.717) is 0 Å². The number of rotatable bonds is 3. The third-order valence-corrected chi connectivity index (χ3v) is 4.52. The largest absolute Gasteiger partial charge is 0.352 e. The molecule has 8 nitrogen and oxygen atoms in total. The molecule has 1 saturated heterocycles. The molecule has 3 aromatic heterocycles. The fourth-order valence-corrected chi connectivity index (χ4v) is 3.15. The van der Waals surface area contributed by atoms with Crippen LogP contribution in [0, 0.1) is 20.8 Å². The molecule has 1 aliphatic rings. The second-order valence-electron chi connectivity index (χ2n) is 6.62. The van der Waals surface area contributed by atoms with Crippen molar-refractivity contribution in [1.29, 1.82) is 0 Å². The van der Waals surface area contributed by atoms with Crippen LogP contribution < -0.4 is 9.80 Å². The zero-order valence-corrected chi connectivity index (χ0v) is 15.3. The second kappa shape index (κ2) is 6.70. The van der Waals surface area contributed by atoms with Gasteiger partial charge in [0.2, 0.25) is 5.95 Å². The third kappa shape index (κ3) is 3.22. The molecule has 0 bridgehead atoms. The van der Waals surface area contributed by atoms with Gasteiger partial charge in [-0.3, -0.25) is 0 Å². The molecule has 0 unspecified atom stereocenters. The molecule has 1 aliphatic heterocycles. The van der Waals surface area contributed by atoms with Gasteiger partial charge in [-0.2, -0.15) is 5.10 Å². The Morgan fingerprint density at radius 3 is 2.00 bits per heavy atom. The third-order valence-electron chi connectivity index (χ3n) is 4.52. The van der Waals surface area contributed by atoms with E-state index in [1.807, 2.05) is 56.0 Å². The summed E-state index contributed by atoms with van der Waals surface area (Å²) in [4.78, 5) is 13.3. The van der Waals surface area contributed by atoms with Crippen molar-refractivity contribution in [2.45, 2.75) is 20.8 Å². The van der Waals surface area contributed by atoms with Crippen LogP contribution >= 0.6 is 0 Å². The van der Waals surface area contributed by atoms with Crippen molar-refractivity contribution in [3.05, 3.63) is 47.5 Å². The normalized spacial score (nSPS) is 14.7. The maximum absolute atomic E-state index is 4.45. The molecule has 0 saturated carbocycles. The number of hydrogen-bond acceptors (Lipinski definition) is 7. The van der Waals surface area contributed by atoms with Gasteiger partial charge in [-0.25, -0.2) is 14.6 Å². The van der Waals surface area contributed by atoms with Crippen LogP contribution in [0.3, 0.4) is 0 Å². The van der Waals surface area contributed by atoms with Crippen molar-refractivity contribution in [3.63, 3.8) is 0 Å². The van der Waals surface area contributed by atoms with Crippen molar-refractivity contribution in [2.75, 3.05) is 36.0 Å². The molecule has 1 fully saturated rings. The van der Waals surface area contributed by atoms with Gasteiger partial charge in [-0.15, -0.1) is 10.2 Å². The SMILES string of the molecule is Cc1cnc(N2CCN(c3ccc(-n4nc(C)cc4C)nn3)CC2)nc1. The van der Waals surface area contributed by atoms with Crippen molar-refractivity contribution < 1.29 is 0 Å². The van der Waals surface area contributed by atoms with Gasteiger partial charge in [0.1, 0.15) is 0 Å². The van der Waals surface area contributed by atoms with Crippen molar-refractivity contribution in [3.8, 4) is 5.82 Å². The summed E-state index contributed by atoms with van der Waals surface area (Å²) in [6.45, 7) is 9.45. The highest BCUT2D eigenvalue weighted by molar-refractivity contribution is 5.43. The fraction of sp³-hybridized carbons (Fsp3) is 0.389. The van der Waals surface area contributed by atoms with Gasteiger partial charge in [0.25, 0.3) is 0 Å². The molecule has 8 heteroatoms. The standard InChI is InChI=1S/C18H22N8/c1-13-11-19-18(20-12-13)25-8-6-24(7-9-25)16-4-5-17(22-21-16)26-15(3)10-14(2)23-26/h4-5,10-12H,6-9H2,1-3H3. The van der Waals surface area contributed by atoms with E-state index >= 15 is 0 Å². The Hall–Kier alpha value is -3.03. The van der Waals surface area contributed by atoms with Gasteiger partial charge in [0.15, 0.2) is 11.6 Å².